The number of hydrogen-bond acceptors (Lipinski definition) is 2. The zero-order chi connectivity index (χ0) is 16.8. The van der Waals surface area contributed by atoms with Gasteiger partial charge in [-0.05, 0) is 115 Å². The smallest absolute Gasteiger partial charge is 0.00161 e. The van der Waals surface area contributed by atoms with E-state index in [2.05, 4.69) is 47.9 Å². The second-order valence-corrected chi connectivity index (χ2v) is 8.23. The fourth-order valence-electron chi connectivity index (χ4n) is 4.39. The van der Waals surface area contributed by atoms with Gasteiger partial charge >= 0.3 is 0 Å². The van der Waals surface area contributed by atoms with Crippen LogP contribution in [0, 0.1) is 25.7 Å². The summed E-state index contributed by atoms with van der Waals surface area (Å²) in [4.78, 5) is 5.17. The Morgan fingerprint density at radius 3 is 1.00 bits per heavy atom. The van der Waals surface area contributed by atoms with E-state index in [-0.39, 0.29) is 0 Å². The third-order valence-electron chi connectivity index (χ3n) is 6.55. The van der Waals surface area contributed by atoms with Crippen LogP contribution in [0.4, 0.5) is 0 Å². The van der Waals surface area contributed by atoms with Crippen molar-refractivity contribution in [3.05, 3.63) is 35.4 Å². The topological polar surface area (TPSA) is 6.48 Å². The van der Waals surface area contributed by atoms with Gasteiger partial charge in [0.1, 0.15) is 0 Å². The van der Waals surface area contributed by atoms with Gasteiger partial charge in [0.05, 0.1) is 0 Å². The number of nitrogens with zero attached hydrogens (tertiary/aromatic N) is 2. The Hall–Kier alpha value is -0.860. The van der Waals surface area contributed by atoms with Crippen LogP contribution in [-0.2, 0) is 0 Å². The van der Waals surface area contributed by atoms with E-state index < -0.39 is 0 Å². The zero-order valence-electron chi connectivity index (χ0n) is 15.8. The fraction of sp³-hybridized carbons (Fsp3) is 0.727. The molecule has 1 aromatic carbocycles. The van der Waals surface area contributed by atoms with Gasteiger partial charge in [0.15, 0.2) is 0 Å². The monoisotopic (exact) mass is 328 g/mol. The third kappa shape index (κ3) is 5.32. The largest absolute Gasteiger partial charge is 0.303 e. The van der Waals surface area contributed by atoms with Crippen molar-refractivity contribution in [3.63, 3.8) is 0 Å². The van der Waals surface area contributed by atoms with Gasteiger partial charge in [-0.1, -0.05) is 24.3 Å². The molecule has 0 spiro atoms. The van der Waals surface area contributed by atoms with E-state index in [0.717, 1.165) is 11.8 Å². The van der Waals surface area contributed by atoms with E-state index in [1.807, 2.05) is 0 Å². The van der Waals surface area contributed by atoms with Crippen molar-refractivity contribution >= 4 is 0 Å². The minimum Gasteiger partial charge on any atom is -0.303 e. The summed E-state index contributed by atoms with van der Waals surface area (Å²) in [5.41, 5.74) is 2.74. The highest BCUT2D eigenvalue weighted by Crippen LogP contribution is 2.26. The van der Waals surface area contributed by atoms with Gasteiger partial charge in [-0.3, -0.25) is 0 Å². The van der Waals surface area contributed by atoms with E-state index in [0.29, 0.717) is 0 Å². The summed E-state index contributed by atoms with van der Waals surface area (Å²) in [6.07, 6.45) is 8.92. The minimum absolute atomic E-state index is 1.11. The van der Waals surface area contributed by atoms with Crippen LogP contribution in [0.15, 0.2) is 24.3 Å². The molecule has 6 heterocycles. The number of benzene rings is 1. The van der Waals surface area contributed by atoms with Gasteiger partial charge < -0.3 is 9.80 Å². The Balaban J connectivity index is 0.000000106. The molecule has 1 aromatic rings. The van der Waals surface area contributed by atoms with Gasteiger partial charge in [-0.25, -0.2) is 0 Å². The van der Waals surface area contributed by atoms with Crippen LogP contribution in [0.2, 0.25) is 0 Å². The molecule has 4 bridgehead atoms. The number of fused-ring (bicyclic) bond motifs is 6. The summed E-state index contributed by atoms with van der Waals surface area (Å²) in [5.74, 6) is 2.22. The van der Waals surface area contributed by atoms with Crippen LogP contribution < -0.4 is 0 Å². The highest BCUT2D eigenvalue weighted by molar-refractivity contribution is 5.23. The molecular formula is C22H36N2. The molecule has 134 valence electrons. The fourth-order valence-corrected chi connectivity index (χ4v) is 4.39. The average Bonchev–Trinajstić information content (AvgIpc) is 2.68. The van der Waals surface area contributed by atoms with Crippen molar-refractivity contribution < 1.29 is 0 Å². The Kier molecular flexibility index (Phi) is 6.74. The standard InChI is InChI=1S/C8H10.2C7H13N/c1-7-5-3-4-6-8(7)2;2*1-4-8-5-2-7(1)3-6-8/h3-6H,1-2H3;2*7H,1-6H2. The molecule has 0 saturated carbocycles. The first-order valence-electron chi connectivity index (χ1n) is 10.2. The summed E-state index contributed by atoms with van der Waals surface area (Å²) >= 11 is 0. The average molecular weight is 329 g/mol. The van der Waals surface area contributed by atoms with Crippen molar-refractivity contribution in [1.29, 1.82) is 0 Å². The molecule has 7 rings (SSSR count). The van der Waals surface area contributed by atoms with Crippen LogP contribution in [0.25, 0.3) is 0 Å². The predicted octanol–water partition coefficient (Wildman–Crippen LogP) is 4.51. The van der Waals surface area contributed by atoms with Crippen LogP contribution in [-0.4, -0.2) is 49.1 Å². The molecule has 6 saturated heterocycles. The Morgan fingerprint density at radius 1 is 0.583 bits per heavy atom. The molecule has 0 N–H and O–H groups in total. The van der Waals surface area contributed by atoms with Gasteiger partial charge in [-0.2, -0.15) is 0 Å². The second-order valence-electron chi connectivity index (χ2n) is 8.23. The van der Waals surface area contributed by atoms with Crippen LogP contribution in [0.1, 0.15) is 49.7 Å². The van der Waals surface area contributed by atoms with Crippen molar-refractivity contribution in [2.24, 2.45) is 11.8 Å². The molecule has 2 heteroatoms. The van der Waals surface area contributed by atoms with Gasteiger partial charge in [0.25, 0.3) is 0 Å². The van der Waals surface area contributed by atoms with Crippen molar-refractivity contribution in [1.82, 2.24) is 9.80 Å². The van der Waals surface area contributed by atoms with E-state index in [9.17, 15) is 0 Å². The van der Waals surface area contributed by atoms with Crippen molar-refractivity contribution in [2.45, 2.75) is 52.4 Å². The maximum absolute atomic E-state index is 2.58. The summed E-state index contributed by atoms with van der Waals surface area (Å²) in [7, 11) is 0. The van der Waals surface area contributed by atoms with E-state index >= 15 is 0 Å². The SMILES string of the molecule is C1CN2CCC1CC2.C1CN2CCC1CC2.Cc1ccccc1C. The molecule has 0 unspecified atom stereocenters. The second kappa shape index (κ2) is 9.01. The summed E-state index contributed by atoms with van der Waals surface area (Å²) in [6, 6.07) is 8.36. The maximum atomic E-state index is 2.58. The predicted molar refractivity (Wildman–Crippen MR) is 103 cm³/mol. The van der Waals surface area contributed by atoms with Crippen molar-refractivity contribution in [2.75, 3.05) is 39.3 Å². The molecule has 0 aromatic heterocycles. The summed E-state index contributed by atoms with van der Waals surface area (Å²) < 4.78 is 0. The lowest BCUT2D eigenvalue weighted by Crippen LogP contribution is -2.41. The Labute approximate surface area is 149 Å². The number of piperidine rings is 6. The minimum atomic E-state index is 1.11. The molecule has 24 heavy (non-hydrogen) atoms. The molecule has 0 radical (unpaired) electrons. The number of aryl methyl sites for hydroxylation is 2. The van der Waals surface area contributed by atoms with Gasteiger partial charge in [0.2, 0.25) is 0 Å². The molecule has 2 nitrogen and oxygen atoms in total. The van der Waals surface area contributed by atoms with Crippen LogP contribution in [0.5, 0.6) is 0 Å². The molecule has 0 amide bonds. The lowest BCUT2D eigenvalue weighted by molar-refractivity contribution is 0.111. The van der Waals surface area contributed by atoms with E-state index in [1.165, 1.54) is 88.9 Å². The first-order chi connectivity index (χ1) is 11.7. The lowest BCUT2D eigenvalue weighted by Gasteiger charge is -2.38. The van der Waals surface area contributed by atoms with Gasteiger partial charge in [-0.15, -0.1) is 0 Å². The first kappa shape index (κ1) is 17.9. The third-order valence-corrected chi connectivity index (χ3v) is 6.55. The molecule has 6 aliphatic heterocycles. The Bertz CT molecular complexity index is 391. The summed E-state index contributed by atoms with van der Waals surface area (Å²) in [5, 5.41) is 0. The molecule has 6 fully saturated rings. The summed E-state index contributed by atoms with van der Waals surface area (Å²) in [6.45, 7) is 12.6. The lowest BCUT2D eigenvalue weighted by atomic mass is 9.89. The quantitative estimate of drug-likeness (QED) is 0.691. The molecular weight excluding hydrogens is 292 g/mol. The first-order valence-corrected chi connectivity index (χ1v) is 10.2. The van der Waals surface area contributed by atoms with E-state index in [4.69, 9.17) is 0 Å². The van der Waals surface area contributed by atoms with Crippen molar-refractivity contribution in [3.8, 4) is 0 Å². The zero-order valence-corrected chi connectivity index (χ0v) is 15.8. The van der Waals surface area contributed by atoms with E-state index in [1.54, 1.807) is 0 Å². The number of hydrogen-bond donors (Lipinski definition) is 0. The van der Waals surface area contributed by atoms with Crippen LogP contribution >= 0.6 is 0 Å². The van der Waals surface area contributed by atoms with Crippen LogP contribution in [0.3, 0.4) is 0 Å². The number of rotatable bonds is 0. The molecule has 0 atom stereocenters. The maximum Gasteiger partial charge on any atom is -0.00161 e. The normalized spacial score (nSPS) is 33.1. The van der Waals surface area contributed by atoms with Gasteiger partial charge in [0, 0.05) is 0 Å². The highest BCUT2D eigenvalue weighted by Gasteiger charge is 2.25. The Morgan fingerprint density at radius 2 is 0.875 bits per heavy atom. The molecule has 0 aliphatic carbocycles. The highest BCUT2D eigenvalue weighted by atomic mass is 15.1. The molecule has 6 aliphatic rings.